The zero-order chi connectivity index (χ0) is 57.7. The summed E-state index contributed by atoms with van der Waals surface area (Å²) in [5.41, 5.74) is -27.8. The van der Waals surface area contributed by atoms with Crippen LogP contribution in [0.15, 0.2) is 140 Å². The molecule has 412 valence electrons. The molecule has 0 amide bonds. The van der Waals surface area contributed by atoms with Crippen molar-refractivity contribution in [3.8, 4) is 5.88 Å². The molecule has 0 radical (unpaired) electrons. The van der Waals surface area contributed by atoms with E-state index in [1.54, 1.807) is 0 Å². The Labute approximate surface area is 422 Å². The van der Waals surface area contributed by atoms with Crippen LogP contribution in [0.3, 0.4) is 0 Å². The molecule has 7 aromatic rings. The van der Waals surface area contributed by atoms with Crippen LogP contribution in [-0.2, 0) is 56.0 Å². The number of aromatic nitrogens is 1. The van der Waals surface area contributed by atoms with Crippen LogP contribution < -0.4 is 31.2 Å². The second kappa shape index (κ2) is 20.9. The molecule has 1 heterocycles. The molecule has 6 aromatic carbocycles. The van der Waals surface area contributed by atoms with Crippen molar-refractivity contribution in [3.63, 3.8) is 0 Å². The molecule has 0 bridgehead atoms. The molecule has 0 fully saturated rings. The van der Waals surface area contributed by atoms with Crippen LogP contribution in [0, 0.1) is 0 Å². The first kappa shape index (κ1) is 59.4. The maximum atomic E-state index is 14.2. The molecule has 0 spiro atoms. The topological polar surface area (TPSA) is 13.1 Å². The highest BCUT2D eigenvalue weighted by Gasteiger charge is 2.47. The predicted octanol–water partition coefficient (Wildman–Crippen LogP) is 15.0. The largest absolute Gasteiger partial charge is 0.428 e. The van der Waals surface area contributed by atoms with E-state index in [-0.39, 0.29) is 6.07 Å². The van der Waals surface area contributed by atoms with Gasteiger partial charge in [-0.25, -0.2) is 0 Å². The summed E-state index contributed by atoms with van der Waals surface area (Å²) in [6, 6.07) is 14.0. The van der Waals surface area contributed by atoms with Gasteiger partial charge in [-0.2, -0.15) is 132 Å². The van der Waals surface area contributed by atoms with Gasteiger partial charge >= 0.3 is 55.3 Å². The minimum absolute atomic E-state index is 0.146. The maximum absolute atomic E-state index is 14.2. The summed E-state index contributed by atoms with van der Waals surface area (Å²) >= 11 is 5.73. The standard InChI is InChI=1S/C32H12BF24.C17H15ClNO/c34-25(35,36)13-1-14(26(37,38)39)6-21(5-13)33(22-7-15(27(40,41)42)2-16(8-22)28(43,44)45,23-9-17(29(46,47)48)3-18(10-23)30(49,50)51)24-11-19(31(52,53)54)4-20(12-24)32(55,56)57;18-13-20-17-11-10-15-8-4-5-9-16(15)19(17)12-14-6-2-1-3-7-14/h1-12H;1-11H,12-13H2/q-1;+1. The van der Waals surface area contributed by atoms with Crippen LogP contribution >= 0.6 is 11.6 Å². The van der Waals surface area contributed by atoms with E-state index in [9.17, 15) is 105 Å². The molecule has 77 heavy (non-hydrogen) atoms. The van der Waals surface area contributed by atoms with E-state index in [4.69, 9.17) is 16.3 Å². The van der Waals surface area contributed by atoms with Gasteiger partial charge in [0.2, 0.25) is 5.52 Å². The summed E-state index contributed by atoms with van der Waals surface area (Å²) in [6.45, 7) is 0.758. The van der Waals surface area contributed by atoms with E-state index in [0.29, 0.717) is 0 Å². The van der Waals surface area contributed by atoms with Crippen molar-refractivity contribution in [2.24, 2.45) is 0 Å². The van der Waals surface area contributed by atoms with Crippen LogP contribution in [0.4, 0.5) is 105 Å². The second-order valence-electron chi connectivity index (χ2n) is 16.8. The highest BCUT2D eigenvalue weighted by Crippen LogP contribution is 2.41. The molecule has 0 N–H and O–H groups in total. The van der Waals surface area contributed by atoms with Crippen molar-refractivity contribution in [2.75, 3.05) is 6.07 Å². The number of para-hydroxylation sites is 1. The number of nitrogens with zero attached hydrogens (tertiary/aromatic N) is 1. The average molecular weight is 1150 g/mol. The van der Waals surface area contributed by atoms with Crippen LogP contribution in [0.1, 0.15) is 50.1 Å². The molecule has 0 unspecified atom stereocenters. The summed E-state index contributed by atoms with van der Waals surface area (Å²) in [6.07, 6.45) is -54.8. The molecule has 0 aliphatic heterocycles. The summed E-state index contributed by atoms with van der Waals surface area (Å²) in [7, 11) is 0. The third-order valence-electron chi connectivity index (χ3n) is 11.7. The fraction of sp³-hybridized carbons (Fsp3) is 0.204. The summed E-state index contributed by atoms with van der Waals surface area (Å²) in [5, 5.41) is 1.19. The predicted molar refractivity (Wildman–Crippen MR) is 231 cm³/mol. The molecule has 0 atom stereocenters. The van der Waals surface area contributed by atoms with Crippen molar-refractivity contribution in [1.29, 1.82) is 0 Å². The average Bonchev–Trinajstić information content (AvgIpc) is 3.30. The number of hydrogen-bond acceptors (Lipinski definition) is 1. The Morgan fingerprint density at radius 1 is 0.338 bits per heavy atom. The van der Waals surface area contributed by atoms with E-state index < -0.39 is 195 Å². The highest BCUT2D eigenvalue weighted by molar-refractivity contribution is 7.20. The first-order valence-corrected chi connectivity index (χ1v) is 21.7. The number of rotatable bonds is 8. The third-order valence-corrected chi connectivity index (χ3v) is 11.8. The van der Waals surface area contributed by atoms with Gasteiger partial charge in [-0.15, -0.1) is 0 Å². The van der Waals surface area contributed by atoms with Crippen molar-refractivity contribution in [1.82, 2.24) is 0 Å². The Balaban J connectivity index is 0.000000397. The van der Waals surface area contributed by atoms with E-state index in [1.807, 2.05) is 36.4 Å². The third kappa shape index (κ3) is 13.5. The van der Waals surface area contributed by atoms with Gasteiger partial charge in [-0.05, 0) is 36.4 Å². The van der Waals surface area contributed by atoms with Gasteiger partial charge in [0, 0.05) is 17.0 Å². The lowest BCUT2D eigenvalue weighted by Gasteiger charge is -2.46. The molecule has 2 nitrogen and oxygen atoms in total. The molecule has 0 saturated heterocycles. The monoisotopic (exact) mass is 1150 g/mol. The van der Waals surface area contributed by atoms with Crippen molar-refractivity contribution in [2.45, 2.75) is 56.0 Å². The summed E-state index contributed by atoms with van der Waals surface area (Å²) in [5.74, 6) is 0.780. The van der Waals surface area contributed by atoms with Gasteiger partial charge in [0.15, 0.2) is 12.6 Å². The van der Waals surface area contributed by atoms with Gasteiger partial charge in [-0.3, -0.25) is 0 Å². The van der Waals surface area contributed by atoms with E-state index >= 15 is 0 Å². The van der Waals surface area contributed by atoms with Crippen LogP contribution in [0.25, 0.3) is 10.9 Å². The first-order valence-electron chi connectivity index (χ1n) is 21.1. The molecule has 7 rings (SSSR count). The van der Waals surface area contributed by atoms with E-state index in [2.05, 4.69) is 34.9 Å². The normalized spacial score (nSPS) is 13.4. The number of ether oxygens (including phenoxy) is 1. The summed E-state index contributed by atoms with van der Waals surface area (Å²) < 4.78 is 349. The highest BCUT2D eigenvalue weighted by atomic mass is 35.5. The fourth-order valence-corrected chi connectivity index (χ4v) is 8.54. The quantitative estimate of drug-likeness (QED) is 0.0640. The van der Waals surface area contributed by atoms with Crippen LogP contribution in [0.5, 0.6) is 5.88 Å². The lowest BCUT2D eigenvalue weighted by Crippen LogP contribution is -2.75. The van der Waals surface area contributed by atoms with Gasteiger partial charge in [-0.1, -0.05) is 103 Å². The second-order valence-corrected chi connectivity index (χ2v) is 17.0. The van der Waals surface area contributed by atoms with Gasteiger partial charge in [0.05, 0.1) is 50.6 Å². The van der Waals surface area contributed by atoms with Crippen molar-refractivity contribution >= 4 is 50.5 Å². The first-order chi connectivity index (χ1) is 35.1. The Hall–Kier alpha value is -6.80. The lowest BCUT2D eigenvalue weighted by molar-refractivity contribution is -0.667. The van der Waals surface area contributed by atoms with Crippen LogP contribution in [0.2, 0.25) is 0 Å². The smallest absolute Gasteiger partial charge is 0.416 e. The van der Waals surface area contributed by atoms with Crippen LogP contribution in [-0.4, -0.2) is 12.2 Å². The Morgan fingerprint density at radius 3 is 0.883 bits per heavy atom. The fourth-order valence-electron chi connectivity index (χ4n) is 8.43. The zero-order valence-electron chi connectivity index (χ0n) is 37.6. The van der Waals surface area contributed by atoms with Gasteiger partial charge in [0.25, 0.3) is 0 Å². The van der Waals surface area contributed by atoms with E-state index in [1.165, 1.54) is 10.9 Å². The zero-order valence-corrected chi connectivity index (χ0v) is 38.3. The number of fused-ring (bicyclic) bond motifs is 1. The van der Waals surface area contributed by atoms with Crippen molar-refractivity contribution < 1.29 is 115 Å². The molecule has 0 aliphatic carbocycles. The molecule has 1 aromatic heterocycles. The maximum Gasteiger partial charge on any atom is 0.416 e. The number of halogens is 25. The molecule has 0 aliphatic rings. The Kier molecular flexibility index (Phi) is 16.1. The number of alkyl halides is 25. The Morgan fingerprint density at radius 2 is 0.610 bits per heavy atom. The molecular formula is C49H27BClF24NO. The lowest BCUT2D eigenvalue weighted by atomic mass is 9.12. The molecule has 28 heteroatoms. The Bertz CT molecular complexity index is 2810. The van der Waals surface area contributed by atoms with E-state index in [0.717, 1.165) is 17.9 Å². The van der Waals surface area contributed by atoms with Gasteiger partial charge in [0.1, 0.15) is 6.15 Å². The van der Waals surface area contributed by atoms with Gasteiger partial charge < -0.3 is 4.74 Å². The molecular weight excluding hydrogens is 1120 g/mol. The number of hydrogen-bond donors (Lipinski definition) is 0. The van der Waals surface area contributed by atoms with Crippen molar-refractivity contribution in [3.05, 3.63) is 190 Å². The number of pyridine rings is 1. The minimum Gasteiger partial charge on any atom is -0.428 e. The molecule has 0 saturated carbocycles. The number of benzene rings is 6. The SMILES string of the molecule is ClCOc1ccc2ccccc2[n+]1Cc1ccccc1.FC(F)(F)c1cc([B-](c2cc(C(F)(F)F)cc(C(F)(F)F)c2)(c2cc(C(F)(F)F)cc(C(F)(F)F)c2)c2cc(C(F)(F)F)cc(C(F)(F)F)c2)cc(C(F)(F)F)c1. The summed E-state index contributed by atoms with van der Waals surface area (Å²) in [4.78, 5) is 0. The minimum atomic E-state index is -6.13.